The lowest BCUT2D eigenvalue weighted by atomic mass is 10.1. The quantitative estimate of drug-likeness (QED) is 0.254. The lowest BCUT2D eigenvalue weighted by Gasteiger charge is -2.19. The summed E-state index contributed by atoms with van der Waals surface area (Å²) in [6, 6.07) is 2.49. The van der Waals surface area contributed by atoms with Crippen molar-refractivity contribution >= 4 is 27.1 Å². The van der Waals surface area contributed by atoms with Gasteiger partial charge in [0.2, 0.25) is 0 Å². The summed E-state index contributed by atoms with van der Waals surface area (Å²) >= 11 is 0. The van der Waals surface area contributed by atoms with Crippen LogP contribution in [0.15, 0.2) is 42.4 Å². The maximum atomic E-state index is 14.0. The van der Waals surface area contributed by atoms with E-state index in [4.69, 9.17) is 10.9 Å². The van der Waals surface area contributed by atoms with Gasteiger partial charge in [-0.2, -0.15) is 13.1 Å². The Morgan fingerprint density at radius 1 is 1.18 bits per heavy atom. The normalized spacial score (nSPS) is 20.5. The third-order valence-electron chi connectivity index (χ3n) is 5.16. The monoisotopic (exact) mass is 476 g/mol. The first-order valence-corrected chi connectivity index (χ1v) is 11.0. The molecule has 0 saturated carbocycles. The van der Waals surface area contributed by atoms with Crippen molar-refractivity contribution in [1.82, 2.24) is 19.3 Å². The lowest BCUT2D eigenvalue weighted by Crippen LogP contribution is -2.36. The van der Waals surface area contributed by atoms with Gasteiger partial charge in [0.1, 0.15) is 41.6 Å². The second-order valence-corrected chi connectivity index (χ2v) is 8.67. The Morgan fingerprint density at radius 3 is 2.55 bits per heavy atom. The molecule has 1 aromatic carbocycles. The molecule has 0 saturated heterocycles. The van der Waals surface area contributed by atoms with Gasteiger partial charge in [0.15, 0.2) is 0 Å². The number of halogens is 2. The topological polar surface area (TPSA) is 169 Å². The van der Waals surface area contributed by atoms with Gasteiger partial charge >= 0.3 is 0 Å². The van der Waals surface area contributed by atoms with Crippen molar-refractivity contribution in [3.05, 3.63) is 65.1 Å². The number of nitrogens with two attached hydrogens (primary N) is 2. The van der Waals surface area contributed by atoms with Crippen LogP contribution in [0.25, 0.3) is 11.0 Å². The van der Waals surface area contributed by atoms with Crippen molar-refractivity contribution in [2.24, 2.45) is 5.14 Å². The molecule has 3 aromatic rings. The molecular formula is C20H18F2N6O4S. The first kappa shape index (κ1) is 22.8. The summed E-state index contributed by atoms with van der Waals surface area (Å²) in [5, 5.41) is 26.2. The van der Waals surface area contributed by atoms with E-state index in [0.29, 0.717) is 0 Å². The Morgan fingerprint density at radius 2 is 1.88 bits per heavy atom. The predicted octanol–water partition coefficient (Wildman–Crippen LogP) is -0.313. The third-order valence-corrected chi connectivity index (χ3v) is 5.71. The highest BCUT2D eigenvalue weighted by Crippen LogP contribution is 2.34. The number of hydrogen-bond donors (Lipinski definition) is 5. The van der Waals surface area contributed by atoms with Gasteiger partial charge in [0, 0.05) is 12.7 Å². The van der Waals surface area contributed by atoms with Gasteiger partial charge in [-0.3, -0.25) is 0 Å². The Bertz CT molecular complexity index is 1420. The van der Waals surface area contributed by atoms with Gasteiger partial charge in [0.25, 0.3) is 10.2 Å². The van der Waals surface area contributed by atoms with E-state index in [-0.39, 0.29) is 34.5 Å². The highest BCUT2D eigenvalue weighted by Gasteiger charge is 2.37. The molecule has 0 unspecified atom stereocenters. The number of aliphatic hydroxyl groups excluding tert-OH is 2. The molecule has 0 fully saturated rings. The highest BCUT2D eigenvalue weighted by molar-refractivity contribution is 7.87. The number of nitrogens with one attached hydrogen (secondary N) is 1. The maximum absolute atomic E-state index is 14.0. The molecule has 3 atom stereocenters. The van der Waals surface area contributed by atoms with E-state index in [0.717, 1.165) is 12.1 Å². The Hall–Kier alpha value is -3.41. The molecule has 0 bridgehead atoms. The maximum Gasteiger partial charge on any atom is 0.274 e. The fourth-order valence-electron chi connectivity index (χ4n) is 3.59. The molecular weight excluding hydrogens is 458 g/mol. The number of aliphatic hydroxyl groups is 2. The molecule has 172 valence electrons. The molecule has 0 spiro atoms. The predicted molar refractivity (Wildman–Crippen MR) is 115 cm³/mol. The van der Waals surface area contributed by atoms with E-state index in [9.17, 15) is 27.4 Å². The molecule has 0 radical (unpaired) electrons. The van der Waals surface area contributed by atoms with Gasteiger partial charge in [-0.15, -0.1) is 0 Å². The number of rotatable bonds is 4. The average Bonchev–Trinajstić information content (AvgIpc) is 3.24. The number of hydrogen-bond acceptors (Lipinski definition) is 7. The molecule has 1 aliphatic rings. The standard InChI is InChI=1S/C20H18F2N6O4S/c21-13-2-1-3-14(22)12(13)5-4-10-8-28(20-16(10)19(23)25-9-26-20)15-6-11(17(29)18(15)30)7-27-33(24,31)32/h1-3,6,8-9,15,17-18,27,29-30H,7H2,(H2,23,25,26)(H2,24,31,32)/t15-,17-,18+/m1/s1. The lowest BCUT2D eigenvalue weighted by molar-refractivity contribution is 0.0323. The van der Waals surface area contributed by atoms with E-state index in [1.165, 1.54) is 29.2 Å². The zero-order chi connectivity index (χ0) is 23.9. The van der Waals surface area contributed by atoms with E-state index in [1.807, 2.05) is 4.72 Å². The summed E-state index contributed by atoms with van der Waals surface area (Å²) in [4.78, 5) is 8.09. The van der Waals surface area contributed by atoms with Crippen LogP contribution in [0.1, 0.15) is 17.2 Å². The Labute approximate surface area is 186 Å². The van der Waals surface area contributed by atoms with Crippen molar-refractivity contribution in [3.8, 4) is 11.8 Å². The minimum Gasteiger partial charge on any atom is -0.388 e. The van der Waals surface area contributed by atoms with Crippen LogP contribution < -0.4 is 15.6 Å². The van der Waals surface area contributed by atoms with Gasteiger partial charge in [-0.1, -0.05) is 24.0 Å². The highest BCUT2D eigenvalue weighted by atomic mass is 32.2. The molecule has 0 aliphatic heterocycles. The number of aromatic nitrogens is 3. The molecule has 7 N–H and O–H groups in total. The van der Waals surface area contributed by atoms with Crippen LogP contribution in [-0.2, 0) is 10.2 Å². The number of benzene rings is 1. The molecule has 4 rings (SSSR count). The minimum absolute atomic E-state index is 0.0465. The number of fused-ring (bicyclic) bond motifs is 1. The summed E-state index contributed by atoms with van der Waals surface area (Å²) in [7, 11) is -4.02. The summed E-state index contributed by atoms with van der Waals surface area (Å²) in [5.74, 6) is 3.49. The SMILES string of the molecule is Nc1ncnc2c1c(C#Cc1c(F)cccc1F)cn2[C@@H]1C=C(CNS(N)(=O)=O)[C@@H](O)[C@H]1O. The van der Waals surface area contributed by atoms with Gasteiger partial charge in [-0.25, -0.2) is 23.9 Å². The Balaban J connectivity index is 1.80. The van der Waals surface area contributed by atoms with E-state index < -0.39 is 45.7 Å². The fraction of sp³-hybridized carbons (Fsp3) is 0.200. The van der Waals surface area contributed by atoms with Gasteiger partial charge in [0.05, 0.1) is 22.6 Å². The van der Waals surface area contributed by atoms with Crippen LogP contribution in [0.2, 0.25) is 0 Å². The summed E-state index contributed by atoms with van der Waals surface area (Å²) in [5.41, 5.74) is 6.22. The molecule has 0 amide bonds. The second-order valence-electron chi connectivity index (χ2n) is 7.29. The average molecular weight is 476 g/mol. The Kier molecular flexibility index (Phi) is 5.87. The van der Waals surface area contributed by atoms with Crippen molar-refractivity contribution in [3.63, 3.8) is 0 Å². The van der Waals surface area contributed by atoms with Crippen molar-refractivity contribution < 1.29 is 27.4 Å². The largest absolute Gasteiger partial charge is 0.388 e. The molecule has 13 heteroatoms. The summed E-state index contributed by atoms with van der Waals surface area (Å²) in [6.45, 7) is -0.316. The van der Waals surface area contributed by atoms with Crippen LogP contribution in [0.3, 0.4) is 0 Å². The number of anilines is 1. The van der Waals surface area contributed by atoms with Crippen LogP contribution >= 0.6 is 0 Å². The van der Waals surface area contributed by atoms with Crippen molar-refractivity contribution in [2.75, 3.05) is 12.3 Å². The molecule has 10 nitrogen and oxygen atoms in total. The molecule has 2 aromatic heterocycles. The van der Waals surface area contributed by atoms with E-state index in [1.54, 1.807) is 0 Å². The smallest absolute Gasteiger partial charge is 0.274 e. The van der Waals surface area contributed by atoms with E-state index in [2.05, 4.69) is 21.8 Å². The third kappa shape index (κ3) is 4.42. The summed E-state index contributed by atoms with van der Waals surface area (Å²) in [6.07, 6.45) is 1.35. The van der Waals surface area contributed by atoms with E-state index >= 15 is 0 Å². The fourth-order valence-corrected chi connectivity index (χ4v) is 3.96. The minimum atomic E-state index is -4.02. The van der Waals surface area contributed by atoms with Crippen molar-refractivity contribution in [1.29, 1.82) is 0 Å². The van der Waals surface area contributed by atoms with Crippen LogP contribution in [0, 0.1) is 23.5 Å². The zero-order valence-electron chi connectivity index (χ0n) is 16.8. The van der Waals surface area contributed by atoms with Crippen molar-refractivity contribution in [2.45, 2.75) is 18.2 Å². The number of nitrogen functional groups attached to an aromatic ring is 1. The molecule has 1 aliphatic carbocycles. The van der Waals surface area contributed by atoms with Crippen LogP contribution in [-0.4, -0.2) is 51.9 Å². The van der Waals surface area contributed by atoms with Crippen LogP contribution in [0.4, 0.5) is 14.6 Å². The number of nitrogens with zero attached hydrogens (tertiary/aromatic N) is 3. The molecule has 33 heavy (non-hydrogen) atoms. The molecule has 2 heterocycles. The van der Waals surface area contributed by atoms with Gasteiger partial charge in [-0.05, 0) is 17.7 Å². The summed E-state index contributed by atoms with van der Waals surface area (Å²) < 4.78 is 53.8. The van der Waals surface area contributed by atoms with Crippen LogP contribution in [0.5, 0.6) is 0 Å². The zero-order valence-corrected chi connectivity index (χ0v) is 17.6. The first-order valence-electron chi connectivity index (χ1n) is 9.48. The second kappa shape index (κ2) is 8.50. The first-order chi connectivity index (χ1) is 15.6. The van der Waals surface area contributed by atoms with Gasteiger partial charge < -0.3 is 20.5 Å².